The molecule has 1 aromatic heterocycles. The van der Waals surface area contributed by atoms with E-state index >= 15 is 0 Å². The molecular weight excluding hydrogens is 467 g/mol. The molecule has 1 aromatic carbocycles. The predicted molar refractivity (Wildman–Crippen MR) is 115 cm³/mol. The van der Waals surface area contributed by atoms with Gasteiger partial charge in [0.25, 0.3) is 5.91 Å². The number of aromatic nitrogens is 2. The van der Waals surface area contributed by atoms with Crippen LogP contribution in [0.3, 0.4) is 0 Å². The number of piperidine rings is 1. The fourth-order valence-electron chi connectivity index (χ4n) is 3.10. The Labute approximate surface area is 191 Å². The fourth-order valence-corrected chi connectivity index (χ4v) is 3.56. The Morgan fingerprint density at radius 1 is 1.28 bits per heavy atom. The van der Waals surface area contributed by atoms with Crippen LogP contribution in [0.4, 0.5) is 17.3 Å². The lowest BCUT2D eigenvalue weighted by molar-refractivity contribution is -0.383. The number of nitro groups is 1. The quantitative estimate of drug-likeness (QED) is 0.374. The van der Waals surface area contributed by atoms with Crippen LogP contribution in [-0.2, 0) is 9.59 Å². The van der Waals surface area contributed by atoms with E-state index in [9.17, 15) is 19.7 Å². The van der Waals surface area contributed by atoms with E-state index in [2.05, 4.69) is 20.8 Å². The minimum absolute atomic E-state index is 0.0368. The number of aliphatic carboxylic acids is 1. The number of hydrogen-bond donors (Lipinski definition) is 3. The molecule has 0 unspecified atom stereocenters. The first kappa shape index (κ1) is 23.3. The normalized spacial score (nSPS) is 14.0. The summed E-state index contributed by atoms with van der Waals surface area (Å²) in [6, 6.07) is 4.50. The topological polar surface area (TPSA) is 160 Å². The van der Waals surface area contributed by atoms with Gasteiger partial charge in [-0.3, -0.25) is 30.6 Å². The van der Waals surface area contributed by atoms with Crippen molar-refractivity contribution in [3.63, 3.8) is 0 Å². The molecule has 1 fully saturated rings. The van der Waals surface area contributed by atoms with E-state index in [0.717, 1.165) is 6.33 Å². The number of hydrogen-bond acceptors (Lipinski definition) is 9. The third kappa shape index (κ3) is 5.65. The summed E-state index contributed by atoms with van der Waals surface area (Å²) in [4.78, 5) is 43.7. The number of ether oxygens (including phenoxy) is 1. The zero-order chi connectivity index (χ0) is 23.3. The standard InChI is InChI=1S/C18H18Cl2N6O6/c19-11-1-2-13(12(20)7-11)32-8-14(27)23-24-16-15(26(30)31)17(22-9-21-16)25-5-3-10(4-6-25)18(28)29/h1-2,7,9-10H,3-6,8H2,(H,23,27)(H,28,29)(H,21,22,24). The second-order valence-corrected chi connectivity index (χ2v) is 7.63. The van der Waals surface area contributed by atoms with Crippen LogP contribution in [0.2, 0.25) is 10.0 Å². The summed E-state index contributed by atoms with van der Waals surface area (Å²) < 4.78 is 5.30. The molecule has 0 atom stereocenters. The Balaban J connectivity index is 1.65. The number of carbonyl (C=O) groups is 2. The van der Waals surface area contributed by atoms with Crippen LogP contribution in [0.5, 0.6) is 5.75 Å². The highest BCUT2D eigenvalue weighted by Crippen LogP contribution is 2.33. The van der Waals surface area contributed by atoms with Gasteiger partial charge in [0, 0.05) is 18.1 Å². The van der Waals surface area contributed by atoms with Crippen molar-refractivity contribution in [1.82, 2.24) is 15.4 Å². The first-order chi connectivity index (χ1) is 15.3. The van der Waals surface area contributed by atoms with Gasteiger partial charge in [-0.1, -0.05) is 23.2 Å². The van der Waals surface area contributed by atoms with Gasteiger partial charge in [-0.05, 0) is 31.0 Å². The summed E-state index contributed by atoms with van der Waals surface area (Å²) in [5, 5.41) is 21.4. The minimum atomic E-state index is -0.894. The van der Waals surface area contributed by atoms with E-state index in [1.54, 1.807) is 11.0 Å². The largest absolute Gasteiger partial charge is 0.482 e. The van der Waals surface area contributed by atoms with Crippen molar-refractivity contribution in [3.05, 3.63) is 44.7 Å². The second-order valence-electron chi connectivity index (χ2n) is 6.79. The maximum absolute atomic E-state index is 12.1. The van der Waals surface area contributed by atoms with Gasteiger partial charge in [-0.2, -0.15) is 0 Å². The summed E-state index contributed by atoms with van der Waals surface area (Å²) in [5.41, 5.74) is 4.25. The molecular formula is C18H18Cl2N6O6. The fraction of sp³-hybridized carbons (Fsp3) is 0.333. The lowest BCUT2D eigenvalue weighted by atomic mass is 9.97. The van der Waals surface area contributed by atoms with Crippen LogP contribution < -0.4 is 20.5 Å². The molecule has 1 amide bonds. The van der Waals surface area contributed by atoms with Crippen molar-refractivity contribution in [2.75, 3.05) is 30.0 Å². The molecule has 0 spiro atoms. The van der Waals surface area contributed by atoms with Crippen LogP contribution >= 0.6 is 23.2 Å². The third-order valence-corrected chi connectivity index (χ3v) is 5.23. The molecule has 0 bridgehead atoms. The molecule has 12 nitrogen and oxygen atoms in total. The van der Waals surface area contributed by atoms with Crippen molar-refractivity contribution in [1.29, 1.82) is 0 Å². The van der Waals surface area contributed by atoms with Gasteiger partial charge in [0.05, 0.1) is 15.9 Å². The number of carboxylic acid groups (broad SMARTS) is 1. The number of anilines is 2. The molecule has 0 aliphatic carbocycles. The molecule has 2 heterocycles. The zero-order valence-electron chi connectivity index (χ0n) is 16.5. The molecule has 0 saturated carbocycles. The molecule has 170 valence electrons. The first-order valence-electron chi connectivity index (χ1n) is 9.36. The van der Waals surface area contributed by atoms with Crippen molar-refractivity contribution >= 4 is 52.4 Å². The number of hydrazine groups is 1. The van der Waals surface area contributed by atoms with Crippen molar-refractivity contribution in [2.45, 2.75) is 12.8 Å². The molecule has 1 saturated heterocycles. The van der Waals surface area contributed by atoms with Crippen LogP contribution in [0.15, 0.2) is 24.5 Å². The van der Waals surface area contributed by atoms with Gasteiger partial charge in [-0.15, -0.1) is 0 Å². The zero-order valence-corrected chi connectivity index (χ0v) is 18.0. The van der Waals surface area contributed by atoms with Gasteiger partial charge in [0.15, 0.2) is 6.61 Å². The van der Waals surface area contributed by atoms with Gasteiger partial charge >= 0.3 is 11.7 Å². The van der Waals surface area contributed by atoms with E-state index in [0.29, 0.717) is 17.9 Å². The number of halogens is 2. The highest BCUT2D eigenvalue weighted by atomic mass is 35.5. The van der Waals surface area contributed by atoms with Crippen molar-refractivity contribution in [3.8, 4) is 5.75 Å². The van der Waals surface area contributed by atoms with Gasteiger partial charge in [-0.25, -0.2) is 9.97 Å². The number of rotatable bonds is 8. The molecule has 3 rings (SSSR count). The molecule has 1 aliphatic rings. The molecule has 0 radical (unpaired) electrons. The van der Waals surface area contributed by atoms with E-state index in [1.165, 1.54) is 12.1 Å². The number of carboxylic acids is 1. The Morgan fingerprint density at radius 2 is 2.00 bits per heavy atom. The summed E-state index contributed by atoms with van der Waals surface area (Å²) in [6.45, 7) is 0.148. The van der Waals surface area contributed by atoms with Crippen molar-refractivity contribution in [2.24, 2.45) is 5.92 Å². The smallest absolute Gasteiger partial charge is 0.355 e. The Morgan fingerprint density at radius 3 is 2.62 bits per heavy atom. The molecule has 1 aliphatic heterocycles. The SMILES string of the molecule is O=C(COc1ccc(Cl)cc1Cl)NNc1ncnc(N2CCC(C(=O)O)CC2)c1[N+](=O)[O-]. The number of carbonyl (C=O) groups excluding carboxylic acids is 1. The van der Waals surface area contributed by atoms with Crippen LogP contribution in [0.1, 0.15) is 12.8 Å². The van der Waals surface area contributed by atoms with Crippen LogP contribution in [0, 0.1) is 16.0 Å². The molecule has 32 heavy (non-hydrogen) atoms. The summed E-state index contributed by atoms with van der Waals surface area (Å²) in [5.74, 6) is -1.99. The van der Waals surface area contributed by atoms with Gasteiger partial charge < -0.3 is 14.7 Å². The van der Waals surface area contributed by atoms with Crippen LogP contribution in [0.25, 0.3) is 0 Å². The average molecular weight is 485 g/mol. The Hall–Kier alpha value is -3.38. The van der Waals surface area contributed by atoms with Gasteiger partial charge in [0.1, 0.15) is 12.1 Å². The summed E-state index contributed by atoms with van der Waals surface area (Å²) in [7, 11) is 0. The predicted octanol–water partition coefficient (Wildman–Crippen LogP) is 2.51. The molecule has 3 N–H and O–H groups in total. The highest BCUT2D eigenvalue weighted by molar-refractivity contribution is 6.35. The van der Waals surface area contributed by atoms with E-state index in [1.807, 2.05) is 0 Å². The number of nitrogens with zero attached hydrogens (tertiary/aromatic N) is 4. The van der Waals surface area contributed by atoms with Gasteiger partial charge in [0.2, 0.25) is 11.6 Å². The summed E-state index contributed by atoms with van der Waals surface area (Å²) in [6.07, 6.45) is 1.78. The van der Waals surface area contributed by atoms with Crippen LogP contribution in [-0.4, -0.2) is 51.6 Å². The lowest BCUT2D eigenvalue weighted by Crippen LogP contribution is -2.38. The maximum Gasteiger partial charge on any atom is 0.355 e. The lowest BCUT2D eigenvalue weighted by Gasteiger charge is -2.30. The number of benzene rings is 1. The maximum atomic E-state index is 12.1. The van der Waals surface area contributed by atoms with E-state index in [4.69, 9.17) is 33.0 Å². The first-order valence-corrected chi connectivity index (χ1v) is 10.1. The number of nitrogens with one attached hydrogen (secondary N) is 2. The molecule has 2 aromatic rings. The average Bonchev–Trinajstić information content (AvgIpc) is 2.76. The second kappa shape index (κ2) is 10.3. The van der Waals surface area contributed by atoms with E-state index < -0.39 is 35.0 Å². The molecule has 14 heteroatoms. The third-order valence-electron chi connectivity index (χ3n) is 4.70. The summed E-state index contributed by atoms with van der Waals surface area (Å²) >= 11 is 11.8. The Bertz CT molecular complexity index is 1030. The minimum Gasteiger partial charge on any atom is -0.482 e. The van der Waals surface area contributed by atoms with Crippen molar-refractivity contribution < 1.29 is 24.4 Å². The van der Waals surface area contributed by atoms with E-state index in [-0.39, 0.29) is 35.5 Å². The highest BCUT2D eigenvalue weighted by Gasteiger charge is 2.31. The Kier molecular flexibility index (Phi) is 7.49. The number of amides is 1. The monoisotopic (exact) mass is 484 g/mol.